The molecular formula is C4H2BrFN2. The van der Waals surface area contributed by atoms with E-state index in [1.807, 2.05) is 0 Å². The van der Waals surface area contributed by atoms with Gasteiger partial charge >= 0.3 is 0 Å². The summed E-state index contributed by atoms with van der Waals surface area (Å²) >= 11 is 2.83. The molecule has 0 fully saturated rings. The van der Waals surface area contributed by atoms with E-state index in [0.717, 1.165) is 0 Å². The summed E-state index contributed by atoms with van der Waals surface area (Å²) in [4.78, 5) is 0. The molecule has 0 radical (unpaired) electrons. The van der Waals surface area contributed by atoms with Gasteiger partial charge in [-0.15, -0.1) is 10.2 Å². The van der Waals surface area contributed by atoms with E-state index in [0.29, 0.717) is 0 Å². The second kappa shape index (κ2) is 2.17. The van der Waals surface area contributed by atoms with Gasteiger partial charge in [0.15, 0.2) is 0 Å². The molecule has 0 bridgehead atoms. The molecule has 0 atom stereocenters. The maximum absolute atomic E-state index is 12.3. The van der Waals surface area contributed by atoms with E-state index in [-0.39, 0.29) is 10.6 Å². The predicted molar refractivity (Wildman–Crippen MR) is 29.7 cm³/mol. The van der Waals surface area contributed by atoms with E-state index in [1.54, 1.807) is 0 Å². The number of hydrogen-bond acceptors (Lipinski definition) is 2. The molecule has 0 amide bonds. The van der Waals surface area contributed by atoms with Crippen molar-refractivity contribution in [2.45, 2.75) is 0 Å². The lowest BCUT2D eigenvalue weighted by molar-refractivity contribution is 0.561. The Kier molecular flexibility index (Phi) is 0.951. The molecule has 1 heterocycles. The average Bonchev–Trinajstić information content (AvgIpc) is 1.93. The fourth-order valence-corrected chi connectivity index (χ4v) is 0.419. The van der Waals surface area contributed by atoms with Crippen molar-refractivity contribution in [3.05, 3.63) is 22.6 Å². The quantitative estimate of drug-likeness (QED) is 0.601. The highest BCUT2D eigenvalue weighted by Crippen LogP contribution is 2.01. The van der Waals surface area contributed by atoms with Crippen molar-refractivity contribution in [2.75, 3.05) is 0 Å². The Hall–Kier alpha value is -0.510. The van der Waals surface area contributed by atoms with Crippen molar-refractivity contribution in [1.29, 1.82) is 0 Å². The Morgan fingerprint density at radius 2 is 2.38 bits per heavy atom. The maximum atomic E-state index is 12.3. The normalized spacial score (nSPS) is 12.8. The molecule has 1 aromatic heterocycles. The third-order valence-electron chi connectivity index (χ3n) is 0.494. The fraction of sp³-hybridized carbons (Fsp3) is 0. The Morgan fingerprint density at radius 1 is 1.62 bits per heavy atom. The number of halogens is 2. The SMILES string of the molecule is [2H]c1c(F)nnc(Br)c1[2H]. The third-order valence-corrected chi connectivity index (χ3v) is 0.851. The van der Waals surface area contributed by atoms with Gasteiger partial charge < -0.3 is 0 Å². The van der Waals surface area contributed by atoms with Crippen LogP contribution in [0.3, 0.4) is 0 Å². The zero-order valence-corrected chi connectivity index (χ0v) is 5.24. The number of hydrogen-bond donors (Lipinski definition) is 0. The first-order valence-electron chi connectivity index (χ1n) is 2.78. The Labute approximate surface area is 56.7 Å². The summed E-state index contributed by atoms with van der Waals surface area (Å²) in [7, 11) is 0. The van der Waals surface area contributed by atoms with Crippen LogP contribution >= 0.6 is 15.9 Å². The zero-order valence-electron chi connectivity index (χ0n) is 5.65. The summed E-state index contributed by atoms with van der Waals surface area (Å²) in [5.74, 6) is -1.02. The van der Waals surface area contributed by atoms with Gasteiger partial charge in [-0.2, -0.15) is 4.39 Å². The third kappa shape index (κ3) is 1.23. The molecule has 0 aromatic carbocycles. The number of rotatable bonds is 0. The molecule has 1 aromatic rings. The summed E-state index contributed by atoms with van der Waals surface area (Å²) in [5, 5.41) is 6.19. The Bertz CT molecular complexity index is 241. The Balaban J connectivity index is 3.34. The van der Waals surface area contributed by atoms with Gasteiger partial charge in [-0.1, -0.05) is 0 Å². The molecule has 0 aliphatic heterocycles. The topological polar surface area (TPSA) is 25.8 Å². The van der Waals surface area contributed by atoms with Crippen LogP contribution in [0.15, 0.2) is 16.7 Å². The van der Waals surface area contributed by atoms with Gasteiger partial charge in [0.05, 0.1) is 2.74 Å². The molecule has 4 heteroatoms. The van der Waals surface area contributed by atoms with Gasteiger partial charge in [0.2, 0.25) is 5.95 Å². The van der Waals surface area contributed by atoms with Crippen LogP contribution in [0.2, 0.25) is 0 Å². The molecule has 1 rings (SSSR count). The second-order valence-electron chi connectivity index (χ2n) is 1.03. The molecule has 0 saturated heterocycles. The summed E-state index contributed by atoms with van der Waals surface area (Å²) in [6.45, 7) is 0. The van der Waals surface area contributed by atoms with Gasteiger partial charge in [0.25, 0.3) is 0 Å². The molecule has 8 heavy (non-hydrogen) atoms. The minimum Gasteiger partial charge on any atom is -0.183 e. The van der Waals surface area contributed by atoms with Crippen molar-refractivity contribution in [3.8, 4) is 0 Å². The van der Waals surface area contributed by atoms with Crippen LogP contribution in [-0.4, -0.2) is 10.2 Å². The largest absolute Gasteiger partial charge is 0.233 e. The van der Waals surface area contributed by atoms with Crippen molar-refractivity contribution < 1.29 is 7.13 Å². The lowest BCUT2D eigenvalue weighted by Gasteiger charge is -1.83. The minimum atomic E-state index is -1.02. The molecule has 0 aliphatic carbocycles. The van der Waals surface area contributed by atoms with Gasteiger partial charge in [0, 0.05) is 0 Å². The molecule has 42 valence electrons. The minimum absolute atomic E-state index is 0.0823. The van der Waals surface area contributed by atoms with Crippen LogP contribution in [-0.2, 0) is 0 Å². The van der Waals surface area contributed by atoms with E-state index in [2.05, 4.69) is 26.1 Å². The predicted octanol–water partition coefficient (Wildman–Crippen LogP) is 1.38. The molecule has 0 aliphatic rings. The fourth-order valence-electron chi connectivity index (χ4n) is 0.241. The molecule has 0 unspecified atom stereocenters. The van der Waals surface area contributed by atoms with Crippen molar-refractivity contribution >= 4 is 15.9 Å². The highest BCUT2D eigenvalue weighted by Gasteiger charge is 1.88. The monoisotopic (exact) mass is 178 g/mol. The van der Waals surface area contributed by atoms with Crippen LogP contribution in [0, 0.1) is 5.95 Å². The lowest BCUT2D eigenvalue weighted by Crippen LogP contribution is -1.84. The van der Waals surface area contributed by atoms with Crippen molar-refractivity contribution in [2.24, 2.45) is 0 Å². The highest BCUT2D eigenvalue weighted by molar-refractivity contribution is 9.10. The summed E-state index contributed by atoms with van der Waals surface area (Å²) in [6.07, 6.45) is 0. The molecular weight excluding hydrogens is 175 g/mol. The van der Waals surface area contributed by atoms with Crippen LogP contribution < -0.4 is 0 Å². The van der Waals surface area contributed by atoms with Crippen LogP contribution in [0.25, 0.3) is 0 Å². The van der Waals surface area contributed by atoms with Crippen molar-refractivity contribution in [1.82, 2.24) is 10.2 Å². The first-order valence-corrected chi connectivity index (χ1v) is 2.57. The van der Waals surface area contributed by atoms with Crippen LogP contribution in [0.5, 0.6) is 0 Å². The van der Waals surface area contributed by atoms with Gasteiger partial charge in [-0.05, 0) is 28.0 Å². The van der Waals surface area contributed by atoms with Crippen LogP contribution in [0.1, 0.15) is 2.74 Å². The van der Waals surface area contributed by atoms with Gasteiger partial charge in [0.1, 0.15) is 4.60 Å². The van der Waals surface area contributed by atoms with Crippen molar-refractivity contribution in [3.63, 3.8) is 0 Å². The van der Waals surface area contributed by atoms with E-state index >= 15 is 0 Å². The first-order chi connectivity index (χ1) is 4.63. The lowest BCUT2D eigenvalue weighted by atomic mass is 10.6. The van der Waals surface area contributed by atoms with E-state index in [4.69, 9.17) is 2.74 Å². The molecule has 0 N–H and O–H groups in total. The van der Waals surface area contributed by atoms with E-state index in [9.17, 15) is 4.39 Å². The van der Waals surface area contributed by atoms with Gasteiger partial charge in [-0.3, -0.25) is 0 Å². The summed E-state index contributed by atoms with van der Waals surface area (Å²) in [6, 6.07) is -0.825. The first kappa shape index (κ1) is 3.50. The summed E-state index contributed by atoms with van der Waals surface area (Å²) < 4.78 is 26.2. The second-order valence-corrected chi connectivity index (χ2v) is 1.78. The van der Waals surface area contributed by atoms with E-state index < -0.39 is 12.0 Å². The van der Waals surface area contributed by atoms with Crippen LogP contribution in [0.4, 0.5) is 4.39 Å². The molecule has 0 spiro atoms. The average molecular weight is 179 g/mol. The standard InChI is InChI=1S/C4H2BrFN2/c5-3-1-2-4(6)8-7-3/h1-2H/i1D,2D. The molecule has 0 saturated carbocycles. The zero-order chi connectivity index (χ0) is 7.72. The highest BCUT2D eigenvalue weighted by atomic mass is 79.9. The summed E-state index contributed by atoms with van der Waals surface area (Å²) in [5.41, 5.74) is 0. The van der Waals surface area contributed by atoms with Gasteiger partial charge in [-0.25, -0.2) is 0 Å². The Morgan fingerprint density at radius 3 is 3.00 bits per heavy atom. The smallest absolute Gasteiger partial charge is 0.183 e. The van der Waals surface area contributed by atoms with E-state index in [1.165, 1.54) is 0 Å². The number of nitrogens with zero attached hydrogens (tertiary/aromatic N) is 2. The molecule has 2 nitrogen and oxygen atoms in total. The maximum Gasteiger partial charge on any atom is 0.233 e. The number of aromatic nitrogens is 2.